The van der Waals surface area contributed by atoms with E-state index >= 15 is 0 Å². The Bertz CT molecular complexity index is 3630. The van der Waals surface area contributed by atoms with Gasteiger partial charge < -0.3 is 8.85 Å². The molecule has 0 amide bonds. The van der Waals surface area contributed by atoms with Gasteiger partial charge in [0.05, 0.1) is 0 Å². The third-order valence-electron chi connectivity index (χ3n) is 16.4. The van der Waals surface area contributed by atoms with Crippen molar-refractivity contribution < 1.29 is 8.85 Å². The van der Waals surface area contributed by atoms with Crippen LogP contribution in [0.2, 0.25) is 10.1 Å². The first kappa shape index (κ1) is 56.4. The van der Waals surface area contributed by atoms with E-state index < -0.39 is 27.5 Å². The van der Waals surface area contributed by atoms with Crippen LogP contribution in [-0.4, -0.2) is 16.6 Å². The van der Waals surface area contributed by atoms with E-state index in [1.807, 2.05) is 0 Å². The van der Waals surface area contributed by atoms with Crippen molar-refractivity contribution in [1.82, 2.24) is 0 Å². The van der Waals surface area contributed by atoms with E-state index in [0.717, 1.165) is 56.0 Å². The Morgan fingerprint density at radius 1 is 0.250 bits per heavy atom. The summed E-state index contributed by atoms with van der Waals surface area (Å²) in [6, 6.07) is 112. The molecule has 84 heavy (non-hydrogen) atoms. The molecule has 0 aliphatic rings. The van der Waals surface area contributed by atoms with Gasteiger partial charge in [0.1, 0.15) is 22.3 Å². The summed E-state index contributed by atoms with van der Waals surface area (Å²) in [5.41, 5.74) is 6.28. The number of benzene rings is 11. The normalized spacial score (nSPS) is 12.0. The van der Waals surface area contributed by atoms with Crippen molar-refractivity contribution in [1.29, 1.82) is 0 Å². The van der Waals surface area contributed by atoms with Gasteiger partial charge in [0.25, 0.3) is 0 Å². The SMILES string of the molecule is CC(C)(C)[Si](Oc1cccc(C(C#Cc2ccc(C#CC(c3ccccc3)(c3ccccc3)c3cccc(O[Si](c4ccccc4)(c4ccccc4)C(C)(C)C)c3)cc2)(c2ccccc2)c2ccccc2)c1)(c1ccccc1)c1ccccc1. The summed E-state index contributed by atoms with van der Waals surface area (Å²) in [6.07, 6.45) is 0. The van der Waals surface area contributed by atoms with Crippen molar-refractivity contribution in [2.45, 2.75) is 62.4 Å². The fourth-order valence-corrected chi connectivity index (χ4v) is 21.2. The maximum Gasteiger partial charge on any atom is 0.319 e. The lowest BCUT2D eigenvalue weighted by Gasteiger charge is -2.43. The largest absolute Gasteiger partial charge is 0.534 e. The fraction of sp³-hybridized carbons (Fsp3) is 0.125. The Morgan fingerprint density at radius 2 is 0.476 bits per heavy atom. The zero-order valence-electron chi connectivity index (χ0n) is 48.8. The van der Waals surface area contributed by atoms with Gasteiger partial charge in [-0.2, -0.15) is 0 Å². The van der Waals surface area contributed by atoms with Gasteiger partial charge in [-0.25, -0.2) is 0 Å². The number of rotatable bonds is 14. The Labute approximate surface area is 500 Å². The predicted molar refractivity (Wildman–Crippen MR) is 355 cm³/mol. The summed E-state index contributed by atoms with van der Waals surface area (Å²) in [5, 5.41) is 4.42. The van der Waals surface area contributed by atoms with E-state index in [0.29, 0.717) is 0 Å². The van der Waals surface area contributed by atoms with Crippen LogP contribution in [-0.2, 0) is 10.8 Å². The minimum atomic E-state index is -2.98. The molecule has 0 aliphatic heterocycles. The van der Waals surface area contributed by atoms with Gasteiger partial charge >= 0.3 is 16.6 Å². The predicted octanol–water partition coefficient (Wildman–Crippen LogP) is 16.3. The maximum absolute atomic E-state index is 7.70. The molecule has 11 rings (SSSR count). The van der Waals surface area contributed by atoms with Crippen LogP contribution in [0.25, 0.3) is 0 Å². The van der Waals surface area contributed by atoms with E-state index in [4.69, 9.17) is 8.85 Å². The molecule has 0 N–H and O–H groups in total. The quantitative estimate of drug-likeness (QED) is 0.0614. The Morgan fingerprint density at radius 3 is 0.714 bits per heavy atom. The molecule has 0 bridgehead atoms. The van der Waals surface area contributed by atoms with E-state index in [1.54, 1.807) is 0 Å². The van der Waals surface area contributed by atoms with Crippen molar-refractivity contribution in [3.05, 3.63) is 360 Å². The van der Waals surface area contributed by atoms with E-state index in [9.17, 15) is 0 Å². The highest BCUT2D eigenvalue weighted by Crippen LogP contribution is 2.45. The lowest BCUT2D eigenvalue weighted by molar-refractivity contribution is 0.507. The third-order valence-corrected chi connectivity index (χ3v) is 26.3. The lowest BCUT2D eigenvalue weighted by Crippen LogP contribution is -2.68. The number of hydrogen-bond donors (Lipinski definition) is 0. The van der Waals surface area contributed by atoms with Crippen LogP contribution in [0.4, 0.5) is 0 Å². The van der Waals surface area contributed by atoms with Crippen LogP contribution in [0.5, 0.6) is 11.5 Å². The molecule has 2 nitrogen and oxygen atoms in total. The molecular formula is C80H70O2Si2. The summed E-state index contributed by atoms with van der Waals surface area (Å²) < 4.78 is 15.4. The van der Waals surface area contributed by atoms with Crippen molar-refractivity contribution in [3.8, 4) is 35.2 Å². The van der Waals surface area contributed by atoms with Gasteiger partial charge in [-0.3, -0.25) is 0 Å². The van der Waals surface area contributed by atoms with E-state index in [1.165, 1.54) is 20.7 Å². The van der Waals surface area contributed by atoms with Crippen LogP contribution < -0.4 is 29.6 Å². The third kappa shape index (κ3) is 10.9. The molecule has 4 heteroatoms. The van der Waals surface area contributed by atoms with Gasteiger partial charge in [-0.15, -0.1) is 0 Å². The smallest absolute Gasteiger partial charge is 0.319 e. The minimum Gasteiger partial charge on any atom is -0.534 e. The molecule has 0 aromatic heterocycles. The molecule has 0 spiro atoms. The molecule has 0 saturated carbocycles. The highest BCUT2D eigenvalue weighted by Gasteiger charge is 2.54. The molecule has 0 radical (unpaired) electrons. The monoisotopic (exact) mass is 1120 g/mol. The Balaban J connectivity index is 1.02. The van der Waals surface area contributed by atoms with Crippen molar-refractivity contribution in [3.63, 3.8) is 0 Å². The van der Waals surface area contributed by atoms with Gasteiger partial charge in [0.15, 0.2) is 0 Å². The van der Waals surface area contributed by atoms with Gasteiger partial charge in [-0.1, -0.05) is 332 Å². The summed E-state index contributed by atoms with van der Waals surface area (Å²) in [6.45, 7) is 13.9. The summed E-state index contributed by atoms with van der Waals surface area (Å²) in [4.78, 5) is 0. The van der Waals surface area contributed by atoms with Crippen LogP contribution in [0.1, 0.15) is 86.1 Å². The topological polar surface area (TPSA) is 18.5 Å². The Hall–Kier alpha value is -9.43. The molecule has 11 aromatic rings. The van der Waals surface area contributed by atoms with Crippen LogP contribution >= 0.6 is 0 Å². The molecule has 0 atom stereocenters. The second-order valence-electron chi connectivity index (χ2n) is 23.6. The van der Waals surface area contributed by atoms with Crippen molar-refractivity contribution in [2.24, 2.45) is 0 Å². The molecule has 0 heterocycles. The first-order chi connectivity index (χ1) is 40.9. The second kappa shape index (κ2) is 24.2. The van der Waals surface area contributed by atoms with Crippen LogP contribution in [0.3, 0.4) is 0 Å². The minimum absolute atomic E-state index is 0.227. The first-order valence-electron chi connectivity index (χ1n) is 29.1. The summed E-state index contributed by atoms with van der Waals surface area (Å²) in [5.74, 6) is 16.9. The zero-order chi connectivity index (χ0) is 58.1. The molecule has 0 unspecified atom stereocenters. The summed E-state index contributed by atoms with van der Waals surface area (Å²) in [7, 11) is -5.95. The fourth-order valence-electron chi connectivity index (χ4n) is 12.4. The summed E-state index contributed by atoms with van der Waals surface area (Å²) >= 11 is 0. The molecule has 410 valence electrons. The molecule has 0 aliphatic carbocycles. The standard InChI is InChI=1S/C80H70O2Si2/c1-77(2,3)83(73-45-23-11-24-46-73,74-47-25-12-26-48-74)81-71-43-31-41-69(61-71)79(65-33-15-7-16-34-65,66-35-17-8-18-36-66)59-57-63-53-55-64(56-54-63)58-60-80(67-37-19-9-20-38-67,68-39-21-10-22-40-68)70-42-32-44-72(62-70)82-84(78(4,5)6,75-49-27-13-28-50-75)76-51-29-14-30-52-76/h7-56,61-62H,1-6H3. The van der Waals surface area contributed by atoms with Crippen LogP contribution in [0, 0.1) is 23.7 Å². The van der Waals surface area contributed by atoms with Gasteiger partial charge in [-0.05, 0) is 113 Å². The number of hydrogen-bond acceptors (Lipinski definition) is 2. The molecular weight excluding hydrogens is 1050 g/mol. The van der Waals surface area contributed by atoms with Crippen LogP contribution in [0.15, 0.2) is 315 Å². The second-order valence-corrected chi connectivity index (χ2v) is 32.1. The molecule has 0 fully saturated rings. The van der Waals surface area contributed by atoms with E-state index in [2.05, 4.69) is 381 Å². The van der Waals surface area contributed by atoms with Crippen molar-refractivity contribution in [2.75, 3.05) is 0 Å². The van der Waals surface area contributed by atoms with Crippen molar-refractivity contribution >= 4 is 37.4 Å². The van der Waals surface area contributed by atoms with Gasteiger partial charge in [0.2, 0.25) is 0 Å². The van der Waals surface area contributed by atoms with E-state index in [-0.39, 0.29) is 10.1 Å². The highest BCUT2D eigenvalue weighted by molar-refractivity contribution is 7.00. The average Bonchev–Trinajstić information content (AvgIpc) is 1.14. The lowest BCUT2D eigenvalue weighted by atomic mass is 9.69. The maximum atomic E-state index is 7.70. The Kier molecular flexibility index (Phi) is 16.3. The average molecular weight is 1120 g/mol. The molecule has 0 saturated heterocycles. The molecule has 11 aromatic carbocycles. The highest BCUT2D eigenvalue weighted by atomic mass is 28.4. The van der Waals surface area contributed by atoms with Gasteiger partial charge in [0, 0.05) is 11.1 Å². The zero-order valence-corrected chi connectivity index (χ0v) is 50.8. The first-order valence-corrected chi connectivity index (χ1v) is 32.9.